The number of rotatable bonds is 4. The van der Waals surface area contributed by atoms with Gasteiger partial charge in [0.05, 0.1) is 18.4 Å². The highest BCUT2D eigenvalue weighted by molar-refractivity contribution is 6.10. The highest BCUT2D eigenvalue weighted by atomic mass is 16.5. The van der Waals surface area contributed by atoms with E-state index in [0.29, 0.717) is 22.5 Å². The maximum atomic E-state index is 13.0. The van der Waals surface area contributed by atoms with Crippen LogP contribution >= 0.6 is 0 Å². The molecule has 0 fully saturated rings. The van der Waals surface area contributed by atoms with Gasteiger partial charge in [-0.05, 0) is 56.3 Å². The van der Waals surface area contributed by atoms with Crippen molar-refractivity contribution in [1.29, 1.82) is 0 Å². The van der Waals surface area contributed by atoms with E-state index in [0.717, 1.165) is 22.6 Å². The zero-order chi connectivity index (χ0) is 19.7. The van der Waals surface area contributed by atoms with Crippen molar-refractivity contribution in [2.75, 3.05) is 12.4 Å². The van der Waals surface area contributed by atoms with Crippen molar-refractivity contribution in [2.45, 2.75) is 13.8 Å². The number of carbonyl (C=O) groups excluding carboxylic acids is 1. The highest BCUT2D eigenvalue weighted by Crippen LogP contribution is 2.30. The number of amides is 1. The van der Waals surface area contributed by atoms with Crippen LogP contribution in [0.2, 0.25) is 0 Å². The largest absolute Gasteiger partial charge is 0.494 e. The molecule has 1 N–H and O–H groups in total. The van der Waals surface area contributed by atoms with Crippen LogP contribution in [0.3, 0.4) is 0 Å². The summed E-state index contributed by atoms with van der Waals surface area (Å²) in [4.78, 5) is 21.8. The summed E-state index contributed by atoms with van der Waals surface area (Å²) in [5.74, 6) is 1.28. The van der Waals surface area contributed by atoms with Crippen molar-refractivity contribution < 1.29 is 9.53 Å². The lowest BCUT2D eigenvalue weighted by atomic mass is 10.1. The van der Waals surface area contributed by atoms with Gasteiger partial charge in [-0.25, -0.2) is 4.98 Å². The molecule has 1 aromatic carbocycles. The first kappa shape index (κ1) is 17.7. The number of aromatic nitrogens is 3. The lowest BCUT2D eigenvalue weighted by Crippen LogP contribution is -2.13. The summed E-state index contributed by atoms with van der Waals surface area (Å²) in [6.07, 6.45) is 3.45. The second kappa shape index (κ2) is 7.15. The molecule has 0 saturated carbocycles. The van der Waals surface area contributed by atoms with Crippen LogP contribution in [0, 0.1) is 13.8 Å². The number of benzene rings is 1. The molecular formula is C22H20N4O2. The highest BCUT2D eigenvalue weighted by Gasteiger charge is 2.18. The van der Waals surface area contributed by atoms with E-state index in [4.69, 9.17) is 4.74 Å². The standard InChI is InChI=1S/C22H20N4O2/c1-14-13-17(15(2)26(14)20-8-4-5-11-23-20)22(27)25-18-9-10-19(28-3)21-16(18)7-6-12-24-21/h4-13H,1-3H3,(H,25,27). The van der Waals surface area contributed by atoms with Crippen LogP contribution in [-0.4, -0.2) is 27.6 Å². The van der Waals surface area contributed by atoms with E-state index in [1.165, 1.54) is 0 Å². The van der Waals surface area contributed by atoms with Crippen LogP contribution in [0.5, 0.6) is 5.75 Å². The molecule has 6 nitrogen and oxygen atoms in total. The van der Waals surface area contributed by atoms with Gasteiger partial charge >= 0.3 is 0 Å². The van der Waals surface area contributed by atoms with Crippen molar-refractivity contribution in [1.82, 2.24) is 14.5 Å². The summed E-state index contributed by atoms with van der Waals surface area (Å²) >= 11 is 0. The van der Waals surface area contributed by atoms with Gasteiger partial charge in [0.25, 0.3) is 5.91 Å². The molecule has 4 aromatic rings. The Bertz CT molecular complexity index is 1170. The molecule has 0 atom stereocenters. The molecule has 0 aliphatic carbocycles. The Kier molecular flexibility index (Phi) is 4.53. The SMILES string of the molecule is COc1ccc(NC(=O)c2cc(C)n(-c3ccccn3)c2C)c2cccnc12. The number of ether oxygens (including phenoxy) is 1. The fourth-order valence-electron chi connectivity index (χ4n) is 3.44. The lowest BCUT2D eigenvalue weighted by Gasteiger charge is -2.11. The average Bonchev–Trinajstić information content (AvgIpc) is 3.03. The van der Waals surface area contributed by atoms with Gasteiger partial charge in [-0.2, -0.15) is 0 Å². The lowest BCUT2D eigenvalue weighted by molar-refractivity contribution is 0.102. The predicted octanol–water partition coefficient (Wildman–Crippen LogP) is 4.30. The molecule has 6 heteroatoms. The number of nitrogens with zero attached hydrogens (tertiary/aromatic N) is 3. The number of methoxy groups -OCH3 is 1. The van der Waals surface area contributed by atoms with Crippen molar-refractivity contribution >= 4 is 22.5 Å². The molecule has 0 unspecified atom stereocenters. The normalized spacial score (nSPS) is 10.8. The molecular weight excluding hydrogens is 352 g/mol. The Balaban J connectivity index is 1.72. The first-order valence-electron chi connectivity index (χ1n) is 8.93. The van der Waals surface area contributed by atoms with Crippen LogP contribution in [-0.2, 0) is 0 Å². The molecule has 0 radical (unpaired) electrons. The fourth-order valence-corrected chi connectivity index (χ4v) is 3.44. The minimum atomic E-state index is -0.175. The number of nitrogens with one attached hydrogen (secondary N) is 1. The Labute approximate surface area is 162 Å². The number of hydrogen-bond acceptors (Lipinski definition) is 4. The number of fused-ring (bicyclic) bond motifs is 1. The predicted molar refractivity (Wildman–Crippen MR) is 109 cm³/mol. The molecule has 140 valence electrons. The molecule has 0 spiro atoms. The van der Waals surface area contributed by atoms with E-state index in [2.05, 4.69) is 15.3 Å². The van der Waals surface area contributed by atoms with Gasteiger partial charge in [0.15, 0.2) is 0 Å². The molecule has 0 bridgehead atoms. The molecule has 0 aliphatic rings. The topological polar surface area (TPSA) is 69.0 Å². The third kappa shape index (κ3) is 2.99. The number of anilines is 1. The molecule has 4 rings (SSSR count). The van der Waals surface area contributed by atoms with E-state index < -0.39 is 0 Å². The van der Waals surface area contributed by atoms with Gasteiger partial charge in [-0.1, -0.05) is 6.07 Å². The van der Waals surface area contributed by atoms with Crippen LogP contribution in [0.1, 0.15) is 21.7 Å². The maximum absolute atomic E-state index is 13.0. The minimum absolute atomic E-state index is 0.175. The second-order valence-electron chi connectivity index (χ2n) is 6.48. The summed E-state index contributed by atoms with van der Waals surface area (Å²) < 4.78 is 7.35. The third-order valence-electron chi connectivity index (χ3n) is 4.75. The molecule has 0 saturated heterocycles. The molecule has 3 heterocycles. The number of aryl methyl sites for hydroxylation is 1. The molecule has 3 aromatic heterocycles. The quantitative estimate of drug-likeness (QED) is 0.580. The van der Waals surface area contributed by atoms with Crippen LogP contribution in [0.4, 0.5) is 5.69 Å². The first-order chi connectivity index (χ1) is 13.6. The number of pyridine rings is 2. The summed E-state index contributed by atoms with van der Waals surface area (Å²) in [5, 5.41) is 3.84. The van der Waals surface area contributed by atoms with Crippen LogP contribution < -0.4 is 10.1 Å². The summed E-state index contributed by atoms with van der Waals surface area (Å²) in [5.41, 5.74) is 3.79. The van der Waals surface area contributed by atoms with Crippen molar-refractivity contribution in [3.8, 4) is 11.6 Å². The smallest absolute Gasteiger partial charge is 0.257 e. The van der Waals surface area contributed by atoms with E-state index in [-0.39, 0.29) is 5.91 Å². The Morgan fingerprint density at radius 3 is 2.61 bits per heavy atom. The summed E-state index contributed by atoms with van der Waals surface area (Å²) in [7, 11) is 1.61. The average molecular weight is 372 g/mol. The van der Waals surface area contributed by atoms with Crippen LogP contribution in [0.25, 0.3) is 16.7 Å². The second-order valence-corrected chi connectivity index (χ2v) is 6.48. The van der Waals surface area contributed by atoms with Crippen molar-refractivity contribution in [2.24, 2.45) is 0 Å². The van der Waals surface area contributed by atoms with Gasteiger partial charge in [0.1, 0.15) is 17.1 Å². The van der Waals surface area contributed by atoms with Crippen LogP contribution in [0.15, 0.2) is 60.9 Å². The van der Waals surface area contributed by atoms with E-state index in [1.54, 1.807) is 19.5 Å². The zero-order valence-corrected chi connectivity index (χ0v) is 15.9. The van der Waals surface area contributed by atoms with Gasteiger partial charge in [-0.3, -0.25) is 9.78 Å². The van der Waals surface area contributed by atoms with Gasteiger partial charge in [-0.15, -0.1) is 0 Å². The molecule has 1 amide bonds. The minimum Gasteiger partial charge on any atom is -0.494 e. The maximum Gasteiger partial charge on any atom is 0.257 e. The van der Waals surface area contributed by atoms with E-state index in [9.17, 15) is 4.79 Å². The number of carbonyl (C=O) groups is 1. The van der Waals surface area contributed by atoms with Crippen molar-refractivity contribution in [3.05, 3.63) is 77.9 Å². The van der Waals surface area contributed by atoms with Gasteiger partial charge < -0.3 is 14.6 Å². The fraction of sp³-hybridized carbons (Fsp3) is 0.136. The Morgan fingerprint density at radius 1 is 1.04 bits per heavy atom. The summed E-state index contributed by atoms with van der Waals surface area (Å²) in [6.45, 7) is 3.88. The third-order valence-corrected chi connectivity index (χ3v) is 4.75. The van der Waals surface area contributed by atoms with Crippen molar-refractivity contribution in [3.63, 3.8) is 0 Å². The first-order valence-corrected chi connectivity index (χ1v) is 8.93. The molecule has 0 aliphatic heterocycles. The van der Waals surface area contributed by atoms with E-state index >= 15 is 0 Å². The summed E-state index contributed by atoms with van der Waals surface area (Å²) in [6, 6.07) is 15.0. The molecule has 28 heavy (non-hydrogen) atoms. The van der Waals surface area contributed by atoms with Gasteiger partial charge in [0, 0.05) is 29.2 Å². The Morgan fingerprint density at radius 2 is 1.86 bits per heavy atom. The Hall–Kier alpha value is -3.67. The van der Waals surface area contributed by atoms with Gasteiger partial charge in [0.2, 0.25) is 0 Å². The van der Waals surface area contributed by atoms with E-state index in [1.807, 2.05) is 66.9 Å². The number of hydrogen-bond donors (Lipinski definition) is 1. The monoisotopic (exact) mass is 372 g/mol. The zero-order valence-electron chi connectivity index (χ0n) is 15.9.